The summed E-state index contributed by atoms with van der Waals surface area (Å²) in [7, 11) is 0. The zero-order valence-electron chi connectivity index (χ0n) is 24.3. The van der Waals surface area contributed by atoms with Gasteiger partial charge in [-0.25, -0.2) is 4.98 Å². The Labute approximate surface area is 232 Å². The molecule has 0 spiro atoms. The molecule has 0 bridgehead atoms. The highest BCUT2D eigenvalue weighted by Gasteiger charge is 2.12. The number of nitrogens with one attached hydrogen (secondary N) is 4. The van der Waals surface area contributed by atoms with Gasteiger partial charge in [-0.05, 0) is 69.8 Å². The molecule has 0 amide bonds. The number of nitrogens with zero attached hydrogens (tertiary/aromatic N) is 3. The third kappa shape index (κ3) is 11.7. The molecule has 4 N–H and O–H groups in total. The molecular formula is C31H53N7. The highest BCUT2D eigenvalue weighted by molar-refractivity contribution is 5.45. The topological polar surface area (TPSA) is 77.1 Å². The average molecular weight is 524 g/mol. The van der Waals surface area contributed by atoms with E-state index in [0.717, 1.165) is 76.3 Å². The van der Waals surface area contributed by atoms with Crippen molar-refractivity contribution in [2.75, 3.05) is 49.5 Å². The standard InChI is InChI=1S/C31H53N7/c1-4-6-17-32-20-22-38(21-5-2)30-23-26(3)36-31(37-30)35-25-28-15-13-27(14-16-28)24-33-18-10-19-34-29-11-8-7-9-12-29/h13-16,23,29,32-34H,4-12,17-22,24-25H2,1-3H3,(H,35,36,37). The highest BCUT2D eigenvalue weighted by Crippen LogP contribution is 2.18. The summed E-state index contributed by atoms with van der Waals surface area (Å²) < 4.78 is 0. The fourth-order valence-corrected chi connectivity index (χ4v) is 5.06. The summed E-state index contributed by atoms with van der Waals surface area (Å²) in [5.41, 5.74) is 3.56. The largest absolute Gasteiger partial charge is 0.355 e. The molecule has 0 unspecified atom stereocenters. The molecule has 2 aromatic rings. The Bertz CT molecular complexity index is 880. The molecule has 1 saturated carbocycles. The zero-order chi connectivity index (χ0) is 26.8. The van der Waals surface area contributed by atoms with E-state index in [-0.39, 0.29) is 0 Å². The summed E-state index contributed by atoms with van der Waals surface area (Å²) in [5.74, 6) is 1.71. The Hall–Kier alpha value is -2.22. The van der Waals surface area contributed by atoms with E-state index in [9.17, 15) is 0 Å². The predicted molar refractivity (Wildman–Crippen MR) is 162 cm³/mol. The van der Waals surface area contributed by atoms with E-state index < -0.39 is 0 Å². The first-order valence-corrected chi connectivity index (χ1v) is 15.2. The lowest BCUT2D eigenvalue weighted by molar-refractivity contribution is 0.371. The number of aromatic nitrogens is 2. The molecule has 0 atom stereocenters. The average Bonchev–Trinajstić information content (AvgIpc) is 2.94. The van der Waals surface area contributed by atoms with E-state index in [4.69, 9.17) is 4.98 Å². The third-order valence-electron chi connectivity index (χ3n) is 7.30. The first-order valence-electron chi connectivity index (χ1n) is 15.2. The van der Waals surface area contributed by atoms with Crippen molar-refractivity contribution in [3.8, 4) is 0 Å². The van der Waals surface area contributed by atoms with Gasteiger partial charge in [0, 0.05) is 50.5 Å². The van der Waals surface area contributed by atoms with Gasteiger partial charge in [-0.2, -0.15) is 4.98 Å². The smallest absolute Gasteiger partial charge is 0.225 e. The van der Waals surface area contributed by atoms with E-state index in [1.54, 1.807) is 0 Å². The summed E-state index contributed by atoms with van der Waals surface area (Å²) in [6.45, 7) is 14.3. The molecule has 0 saturated heterocycles. The van der Waals surface area contributed by atoms with E-state index >= 15 is 0 Å². The van der Waals surface area contributed by atoms with Gasteiger partial charge < -0.3 is 26.2 Å². The first kappa shape index (κ1) is 30.3. The minimum Gasteiger partial charge on any atom is -0.355 e. The SMILES string of the molecule is CCCCNCCN(CCC)c1cc(C)nc(NCc2ccc(CNCCCNC3CCCCC3)cc2)n1. The lowest BCUT2D eigenvalue weighted by atomic mass is 9.95. The molecule has 38 heavy (non-hydrogen) atoms. The molecule has 1 aliphatic carbocycles. The second-order valence-corrected chi connectivity index (χ2v) is 10.8. The number of anilines is 2. The number of hydrogen-bond donors (Lipinski definition) is 4. The van der Waals surface area contributed by atoms with Crippen molar-refractivity contribution in [3.05, 3.63) is 47.2 Å². The monoisotopic (exact) mass is 523 g/mol. The van der Waals surface area contributed by atoms with Gasteiger partial charge in [0.2, 0.25) is 5.95 Å². The van der Waals surface area contributed by atoms with Gasteiger partial charge >= 0.3 is 0 Å². The van der Waals surface area contributed by atoms with Crippen molar-refractivity contribution in [1.29, 1.82) is 0 Å². The zero-order valence-corrected chi connectivity index (χ0v) is 24.3. The van der Waals surface area contributed by atoms with Gasteiger partial charge in [-0.3, -0.25) is 0 Å². The van der Waals surface area contributed by atoms with E-state index in [1.807, 2.05) is 6.92 Å². The maximum Gasteiger partial charge on any atom is 0.225 e. The molecule has 1 aliphatic rings. The maximum absolute atomic E-state index is 4.86. The van der Waals surface area contributed by atoms with Gasteiger partial charge in [-0.1, -0.05) is 63.8 Å². The summed E-state index contributed by atoms with van der Waals surface area (Å²) in [6.07, 6.45) is 11.7. The van der Waals surface area contributed by atoms with Crippen molar-refractivity contribution in [3.63, 3.8) is 0 Å². The van der Waals surface area contributed by atoms with Gasteiger partial charge in [0.25, 0.3) is 0 Å². The number of rotatable bonds is 19. The van der Waals surface area contributed by atoms with Crippen molar-refractivity contribution >= 4 is 11.8 Å². The van der Waals surface area contributed by atoms with Crippen LogP contribution in [0.15, 0.2) is 30.3 Å². The van der Waals surface area contributed by atoms with Crippen LogP contribution in [0.2, 0.25) is 0 Å². The highest BCUT2D eigenvalue weighted by atomic mass is 15.2. The summed E-state index contributed by atoms with van der Waals surface area (Å²) in [6, 6.07) is 11.7. The number of unbranched alkanes of at least 4 members (excludes halogenated alkanes) is 1. The fourth-order valence-electron chi connectivity index (χ4n) is 5.06. The van der Waals surface area contributed by atoms with Crippen LogP contribution in [-0.4, -0.2) is 55.3 Å². The molecule has 0 radical (unpaired) electrons. The Morgan fingerprint density at radius 2 is 1.53 bits per heavy atom. The van der Waals surface area contributed by atoms with Crippen LogP contribution < -0.4 is 26.2 Å². The van der Waals surface area contributed by atoms with Crippen LogP contribution in [0.4, 0.5) is 11.8 Å². The first-order chi connectivity index (χ1) is 18.7. The Balaban J connectivity index is 1.39. The molecule has 1 aromatic heterocycles. The molecule has 0 aliphatic heterocycles. The fraction of sp³-hybridized carbons (Fsp3) is 0.677. The van der Waals surface area contributed by atoms with Crippen LogP contribution in [0.25, 0.3) is 0 Å². The second kappa shape index (κ2) is 18.1. The van der Waals surface area contributed by atoms with Gasteiger partial charge in [0.15, 0.2) is 0 Å². The molecule has 7 heteroatoms. The Kier molecular flexibility index (Phi) is 14.5. The summed E-state index contributed by atoms with van der Waals surface area (Å²) in [5, 5.41) is 14.3. The second-order valence-electron chi connectivity index (χ2n) is 10.8. The van der Waals surface area contributed by atoms with Crippen LogP contribution in [0.3, 0.4) is 0 Å². The normalized spacial score (nSPS) is 14.1. The van der Waals surface area contributed by atoms with Crippen molar-refractivity contribution in [2.24, 2.45) is 0 Å². The van der Waals surface area contributed by atoms with E-state index in [2.05, 4.69) is 75.3 Å². The third-order valence-corrected chi connectivity index (χ3v) is 7.30. The van der Waals surface area contributed by atoms with Crippen LogP contribution in [0, 0.1) is 6.92 Å². The molecular weight excluding hydrogens is 470 g/mol. The van der Waals surface area contributed by atoms with Gasteiger partial charge in [-0.15, -0.1) is 0 Å². The van der Waals surface area contributed by atoms with Gasteiger partial charge in [0.05, 0.1) is 0 Å². The predicted octanol–water partition coefficient (Wildman–Crippen LogP) is 5.41. The Morgan fingerprint density at radius 1 is 0.789 bits per heavy atom. The summed E-state index contributed by atoms with van der Waals surface area (Å²) in [4.78, 5) is 11.9. The van der Waals surface area contributed by atoms with Crippen molar-refractivity contribution in [1.82, 2.24) is 25.9 Å². The molecule has 1 aromatic carbocycles. The van der Waals surface area contributed by atoms with Crippen molar-refractivity contribution < 1.29 is 0 Å². The van der Waals surface area contributed by atoms with Crippen molar-refractivity contribution in [2.45, 2.75) is 97.7 Å². The van der Waals surface area contributed by atoms with Crippen LogP contribution in [-0.2, 0) is 13.1 Å². The number of benzene rings is 1. The lowest BCUT2D eigenvalue weighted by Gasteiger charge is -2.24. The number of hydrogen-bond acceptors (Lipinski definition) is 7. The lowest BCUT2D eigenvalue weighted by Crippen LogP contribution is -2.34. The van der Waals surface area contributed by atoms with Crippen LogP contribution in [0.1, 0.15) is 88.5 Å². The van der Waals surface area contributed by atoms with Crippen LogP contribution in [0.5, 0.6) is 0 Å². The van der Waals surface area contributed by atoms with E-state index in [1.165, 1.54) is 62.5 Å². The quantitative estimate of drug-likeness (QED) is 0.184. The molecule has 3 rings (SSSR count). The number of aryl methyl sites for hydroxylation is 1. The summed E-state index contributed by atoms with van der Waals surface area (Å²) >= 11 is 0. The minimum absolute atomic E-state index is 0.702. The minimum atomic E-state index is 0.702. The van der Waals surface area contributed by atoms with E-state index in [0.29, 0.717) is 5.95 Å². The molecule has 7 nitrogen and oxygen atoms in total. The maximum atomic E-state index is 4.86. The Morgan fingerprint density at radius 3 is 2.26 bits per heavy atom. The molecule has 212 valence electrons. The van der Waals surface area contributed by atoms with Crippen LogP contribution >= 0.6 is 0 Å². The van der Waals surface area contributed by atoms with Gasteiger partial charge in [0.1, 0.15) is 5.82 Å². The molecule has 1 fully saturated rings. The molecule has 1 heterocycles.